The first-order valence-electron chi connectivity index (χ1n) is 9.87. The van der Waals surface area contributed by atoms with Crippen molar-refractivity contribution >= 4 is 5.91 Å². The average Bonchev–Trinajstić information content (AvgIpc) is 2.94. The van der Waals surface area contributed by atoms with E-state index in [2.05, 4.69) is 35.2 Å². The van der Waals surface area contributed by atoms with Gasteiger partial charge in [0, 0.05) is 25.2 Å². The van der Waals surface area contributed by atoms with Crippen LogP contribution in [0.15, 0.2) is 48.5 Å². The Bertz CT molecular complexity index is 745. The highest BCUT2D eigenvalue weighted by Crippen LogP contribution is 2.20. The van der Waals surface area contributed by atoms with E-state index in [1.54, 1.807) is 7.11 Å². The summed E-state index contributed by atoms with van der Waals surface area (Å²) < 4.78 is 5.37. The van der Waals surface area contributed by atoms with Gasteiger partial charge in [0.1, 0.15) is 5.75 Å². The Morgan fingerprint density at radius 3 is 2.63 bits per heavy atom. The van der Waals surface area contributed by atoms with E-state index in [4.69, 9.17) is 4.74 Å². The summed E-state index contributed by atoms with van der Waals surface area (Å²) in [6, 6.07) is 16.4. The lowest BCUT2D eigenvalue weighted by Gasteiger charge is -2.22. The second kappa shape index (κ2) is 9.56. The fourth-order valence-corrected chi connectivity index (χ4v) is 3.68. The maximum absolute atomic E-state index is 12.9. The quantitative estimate of drug-likeness (QED) is 0.780. The Kier molecular flexibility index (Phi) is 6.88. The molecule has 0 radical (unpaired) electrons. The van der Waals surface area contributed by atoms with Crippen LogP contribution in [0.5, 0.6) is 5.75 Å². The van der Waals surface area contributed by atoms with E-state index >= 15 is 0 Å². The molecule has 0 atom stereocenters. The number of amides is 1. The van der Waals surface area contributed by atoms with E-state index in [0.29, 0.717) is 0 Å². The highest BCUT2D eigenvalue weighted by molar-refractivity contribution is 5.94. The molecule has 1 aliphatic rings. The van der Waals surface area contributed by atoms with Crippen molar-refractivity contribution in [3.63, 3.8) is 0 Å². The maximum atomic E-state index is 12.9. The molecule has 0 aliphatic carbocycles. The van der Waals surface area contributed by atoms with Crippen LogP contribution in [0.1, 0.15) is 34.3 Å². The average molecular weight is 367 g/mol. The zero-order valence-electron chi connectivity index (χ0n) is 16.5. The van der Waals surface area contributed by atoms with Crippen LogP contribution < -0.4 is 4.74 Å². The van der Waals surface area contributed by atoms with E-state index in [1.807, 2.05) is 30.0 Å². The van der Waals surface area contributed by atoms with Gasteiger partial charge in [0.25, 0.3) is 5.91 Å². The summed E-state index contributed by atoms with van der Waals surface area (Å²) in [5.41, 5.74) is 3.17. The minimum Gasteiger partial charge on any atom is -0.496 e. The summed E-state index contributed by atoms with van der Waals surface area (Å²) in [7, 11) is 1.65. The summed E-state index contributed by atoms with van der Waals surface area (Å²) >= 11 is 0. The SMILES string of the molecule is COc1cc(C(=O)N2CCCN(CCCc3ccccc3)CC2)ccc1C. The summed E-state index contributed by atoms with van der Waals surface area (Å²) in [4.78, 5) is 17.4. The highest BCUT2D eigenvalue weighted by atomic mass is 16.5. The van der Waals surface area contributed by atoms with Gasteiger partial charge < -0.3 is 14.5 Å². The van der Waals surface area contributed by atoms with Crippen LogP contribution in [-0.4, -0.2) is 55.5 Å². The third-order valence-electron chi connectivity index (χ3n) is 5.31. The van der Waals surface area contributed by atoms with Gasteiger partial charge in [-0.25, -0.2) is 0 Å². The number of carbonyl (C=O) groups is 1. The van der Waals surface area contributed by atoms with Crippen LogP contribution in [0.25, 0.3) is 0 Å². The van der Waals surface area contributed by atoms with E-state index in [1.165, 1.54) is 5.56 Å². The standard InChI is InChI=1S/C23H30N2O2/c1-19-11-12-21(18-22(19)27-2)23(26)25-15-7-14-24(16-17-25)13-6-10-20-8-4-3-5-9-20/h3-5,8-9,11-12,18H,6-7,10,13-17H2,1-2H3. The molecular weight excluding hydrogens is 336 g/mol. The molecular formula is C23H30N2O2. The molecule has 1 aliphatic heterocycles. The van der Waals surface area contributed by atoms with E-state index in [0.717, 1.165) is 68.9 Å². The van der Waals surface area contributed by atoms with E-state index in [-0.39, 0.29) is 5.91 Å². The topological polar surface area (TPSA) is 32.8 Å². The number of hydrogen-bond acceptors (Lipinski definition) is 3. The number of aryl methyl sites for hydroxylation is 2. The predicted molar refractivity (Wildman–Crippen MR) is 109 cm³/mol. The molecule has 0 saturated carbocycles. The van der Waals surface area contributed by atoms with Gasteiger partial charge in [0.05, 0.1) is 7.11 Å². The fourth-order valence-electron chi connectivity index (χ4n) is 3.68. The Morgan fingerprint density at radius 1 is 1.04 bits per heavy atom. The van der Waals surface area contributed by atoms with Crippen LogP contribution in [0.2, 0.25) is 0 Å². The number of ether oxygens (including phenoxy) is 1. The van der Waals surface area contributed by atoms with Gasteiger partial charge in [0.2, 0.25) is 0 Å². The van der Waals surface area contributed by atoms with Crippen molar-refractivity contribution in [1.82, 2.24) is 9.80 Å². The molecule has 144 valence electrons. The first-order valence-corrected chi connectivity index (χ1v) is 9.87. The monoisotopic (exact) mass is 366 g/mol. The third-order valence-corrected chi connectivity index (χ3v) is 5.31. The summed E-state index contributed by atoms with van der Waals surface area (Å²) in [5.74, 6) is 0.887. The molecule has 2 aromatic rings. The molecule has 0 bridgehead atoms. The molecule has 3 rings (SSSR count). The molecule has 1 heterocycles. The summed E-state index contributed by atoms with van der Waals surface area (Å²) in [6.45, 7) is 6.71. The summed E-state index contributed by atoms with van der Waals surface area (Å²) in [6.07, 6.45) is 3.30. The van der Waals surface area contributed by atoms with Gasteiger partial charge in [-0.2, -0.15) is 0 Å². The molecule has 1 fully saturated rings. The lowest BCUT2D eigenvalue weighted by molar-refractivity contribution is 0.0761. The second-order valence-electron chi connectivity index (χ2n) is 7.26. The van der Waals surface area contributed by atoms with E-state index < -0.39 is 0 Å². The van der Waals surface area contributed by atoms with Crippen LogP contribution in [0.3, 0.4) is 0 Å². The lowest BCUT2D eigenvalue weighted by Crippen LogP contribution is -2.35. The Labute approximate surface area is 162 Å². The van der Waals surface area contributed by atoms with Gasteiger partial charge in [0.15, 0.2) is 0 Å². The third kappa shape index (κ3) is 5.33. The van der Waals surface area contributed by atoms with Crippen LogP contribution in [0.4, 0.5) is 0 Å². The van der Waals surface area contributed by atoms with Crippen molar-refractivity contribution in [3.05, 3.63) is 65.2 Å². The predicted octanol–water partition coefficient (Wildman–Crippen LogP) is 3.78. The molecule has 0 spiro atoms. The molecule has 0 aromatic heterocycles. The van der Waals surface area contributed by atoms with Crippen LogP contribution >= 0.6 is 0 Å². The number of hydrogen-bond donors (Lipinski definition) is 0. The molecule has 0 N–H and O–H groups in total. The fraction of sp³-hybridized carbons (Fsp3) is 0.435. The number of rotatable bonds is 6. The van der Waals surface area contributed by atoms with Crippen LogP contribution in [0, 0.1) is 6.92 Å². The molecule has 1 amide bonds. The van der Waals surface area contributed by atoms with Gasteiger partial charge in [-0.15, -0.1) is 0 Å². The first-order chi connectivity index (χ1) is 13.2. The van der Waals surface area contributed by atoms with Crippen molar-refractivity contribution in [1.29, 1.82) is 0 Å². The number of methoxy groups -OCH3 is 1. The van der Waals surface area contributed by atoms with Crippen molar-refractivity contribution in [2.24, 2.45) is 0 Å². The summed E-state index contributed by atoms with van der Waals surface area (Å²) in [5, 5.41) is 0. The van der Waals surface area contributed by atoms with Gasteiger partial charge >= 0.3 is 0 Å². The van der Waals surface area contributed by atoms with Gasteiger partial charge in [-0.05, 0) is 62.5 Å². The number of carbonyl (C=O) groups excluding carboxylic acids is 1. The number of benzene rings is 2. The molecule has 4 heteroatoms. The molecule has 4 nitrogen and oxygen atoms in total. The normalized spacial score (nSPS) is 15.4. The smallest absolute Gasteiger partial charge is 0.254 e. The van der Waals surface area contributed by atoms with Crippen molar-refractivity contribution in [2.45, 2.75) is 26.2 Å². The molecule has 1 saturated heterocycles. The van der Waals surface area contributed by atoms with Crippen LogP contribution in [-0.2, 0) is 6.42 Å². The first kappa shape index (κ1) is 19.4. The minimum absolute atomic E-state index is 0.111. The largest absolute Gasteiger partial charge is 0.496 e. The zero-order chi connectivity index (χ0) is 19.1. The maximum Gasteiger partial charge on any atom is 0.254 e. The Morgan fingerprint density at radius 2 is 1.85 bits per heavy atom. The lowest BCUT2D eigenvalue weighted by atomic mass is 10.1. The minimum atomic E-state index is 0.111. The van der Waals surface area contributed by atoms with E-state index in [9.17, 15) is 4.79 Å². The van der Waals surface area contributed by atoms with Crippen molar-refractivity contribution in [2.75, 3.05) is 39.8 Å². The van der Waals surface area contributed by atoms with Gasteiger partial charge in [-0.1, -0.05) is 36.4 Å². The molecule has 2 aromatic carbocycles. The Hall–Kier alpha value is -2.33. The van der Waals surface area contributed by atoms with Gasteiger partial charge in [-0.3, -0.25) is 4.79 Å². The zero-order valence-corrected chi connectivity index (χ0v) is 16.5. The second-order valence-corrected chi connectivity index (χ2v) is 7.26. The molecule has 27 heavy (non-hydrogen) atoms. The highest BCUT2D eigenvalue weighted by Gasteiger charge is 2.20. The Balaban J connectivity index is 1.51. The molecule has 0 unspecified atom stereocenters. The van der Waals surface area contributed by atoms with Crippen molar-refractivity contribution < 1.29 is 9.53 Å². The number of nitrogens with zero attached hydrogens (tertiary/aromatic N) is 2. The van der Waals surface area contributed by atoms with Crippen molar-refractivity contribution in [3.8, 4) is 5.75 Å².